The summed E-state index contributed by atoms with van der Waals surface area (Å²) in [5.41, 5.74) is 0.803. The number of piperazine rings is 1. The number of ether oxygens (including phenoxy) is 1. The summed E-state index contributed by atoms with van der Waals surface area (Å²) in [6, 6.07) is 7.35. The second-order valence-corrected chi connectivity index (χ2v) is 8.20. The van der Waals surface area contributed by atoms with E-state index in [1.54, 1.807) is 23.1 Å². The van der Waals surface area contributed by atoms with Gasteiger partial charge in [0.15, 0.2) is 0 Å². The predicted octanol–water partition coefficient (Wildman–Crippen LogP) is 4.00. The summed E-state index contributed by atoms with van der Waals surface area (Å²) in [6.45, 7) is 10.5. The van der Waals surface area contributed by atoms with Crippen molar-refractivity contribution in [3.05, 3.63) is 35.4 Å². The van der Waals surface area contributed by atoms with Gasteiger partial charge in [0, 0.05) is 32.2 Å². The molecule has 1 fully saturated rings. The van der Waals surface area contributed by atoms with Crippen LogP contribution in [-0.2, 0) is 11.3 Å². The van der Waals surface area contributed by atoms with Crippen LogP contribution < -0.4 is 0 Å². The van der Waals surface area contributed by atoms with E-state index in [0.717, 1.165) is 31.4 Å². The average Bonchev–Trinajstić information content (AvgIpc) is 2.59. The molecule has 27 heavy (non-hydrogen) atoms. The fourth-order valence-electron chi connectivity index (χ4n) is 3.34. The van der Waals surface area contributed by atoms with E-state index < -0.39 is 11.6 Å². The Labute approximate surface area is 162 Å². The molecule has 6 heteroatoms. The van der Waals surface area contributed by atoms with Crippen molar-refractivity contribution >= 4 is 12.1 Å². The van der Waals surface area contributed by atoms with Crippen LogP contribution in [0.15, 0.2) is 24.3 Å². The molecule has 0 aromatic heterocycles. The highest BCUT2D eigenvalue weighted by Crippen LogP contribution is 2.21. The van der Waals surface area contributed by atoms with Crippen LogP contribution in [0, 0.1) is 0 Å². The quantitative estimate of drug-likeness (QED) is 0.813. The number of amides is 1. The van der Waals surface area contributed by atoms with Gasteiger partial charge >= 0.3 is 12.1 Å². The first kappa shape index (κ1) is 21.2. The molecule has 1 unspecified atom stereocenters. The molecule has 1 aromatic carbocycles. The normalized spacial score (nSPS) is 18.4. The molecular weight excluding hydrogens is 344 g/mol. The molecular formula is C21H32N2O4. The number of rotatable bonds is 6. The van der Waals surface area contributed by atoms with E-state index in [1.165, 1.54) is 0 Å². The van der Waals surface area contributed by atoms with Gasteiger partial charge in [0.2, 0.25) is 0 Å². The molecule has 6 nitrogen and oxygen atoms in total. The van der Waals surface area contributed by atoms with Crippen molar-refractivity contribution in [2.24, 2.45) is 0 Å². The summed E-state index contributed by atoms with van der Waals surface area (Å²) in [5, 5.41) is 9.20. The molecule has 1 heterocycles. The fraction of sp³-hybridized carbons (Fsp3) is 0.619. The van der Waals surface area contributed by atoms with Crippen molar-refractivity contribution < 1.29 is 19.4 Å². The highest BCUT2D eigenvalue weighted by molar-refractivity contribution is 5.87. The summed E-state index contributed by atoms with van der Waals surface area (Å²) in [6.07, 6.45) is 2.95. The molecule has 0 spiro atoms. The number of nitrogens with zero attached hydrogens (tertiary/aromatic N) is 2. The highest BCUT2D eigenvalue weighted by Gasteiger charge is 2.31. The Bertz CT molecular complexity index is 654. The highest BCUT2D eigenvalue weighted by atomic mass is 16.6. The number of carbonyl (C=O) groups is 2. The molecule has 1 atom stereocenters. The number of carboxylic acid groups (broad SMARTS) is 1. The summed E-state index contributed by atoms with van der Waals surface area (Å²) < 4.78 is 5.53. The van der Waals surface area contributed by atoms with E-state index in [1.807, 2.05) is 26.8 Å². The average molecular weight is 376 g/mol. The molecule has 2 rings (SSSR count). The van der Waals surface area contributed by atoms with Gasteiger partial charge in [-0.05, 0) is 44.9 Å². The van der Waals surface area contributed by atoms with Crippen molar-refractivity contribution in [3.8, 4) is 0 Å². The van der Waals surface area contributed by atoms with Gasteiger partial charge in [-0.1, -0.05) is 31.9 Å². The van der Waals surface area contributed by atoms with Gasteiger partial charge in [-0.25, -0.2) is 9.59 Å². The maximum atomic E-state index is 12.4. The molecule has 0 aliphatic carbocycles. The zero-order valence-corrected chi connectivity index (χ0v) is 16.9. The Morgan fingerprint density at radius 2 is 2.00 bits per heavy atom. The lowest BCUT2D eigenvalue weighted by Gasteiger charge is -2.42. The van der Waals surface area contributed by atoms with Crippen molar-refractivity contribution in [2.75, 3.05) is 19.6 Å². The SMILES string of the molecule is CCCCC1CN(C(=O)OC(C)(C)C)CCN1Cc1cccc(C(=O)O)c1. The second kappa shape index (κ2) is 9.22. The molecule has 0 bridgehead atoms. The van der Waals surface area contributed by atoms with Crippen LogP contribution in [0.5, 0.6) is 0 Å². The van der Waals surface area contributed by atoms with Gasteiger partial charge in [-0.15, -0.1) is 0 Å². The van der Waals surface area contributed by atoms with Crippen LogP contribution in [0.2, 0.25) is 0 Å². The third-order valence-electron chi connectivity index (χ3n) is 4.71. The number of hydrogen-bond donors (Lipinski definition) is 1. The topological polar surface area (TPSA) is 70.1 Å². The monoisotopic (exact) mass is 376 g/mol. The van der Waals surface area contributed by atoms with Gasteiger partial charge in [-0.2, -0.15) is 0 Å². The van der Waals surface area contributed by atoms with E-state index in [0.29, 0.717) is 25.2 Å². The Balaban J connectivity index is 2.07. The van der Waals surface area contributed by atoms with Crippen molar-refractivity contribution in [3.63, 3.8) is 0 Å². The Kier molecular flexibility index (Phi) is 7.25. The van der Waals surface area contributed by atoms with Crippen LogP contribution in [0.1, 0.15) is 62.9 Å². The van der Waals surface area contributed by atoms with Crippen molar-refractivity contribution in [2.45, 2.75) is 65.1 Å². The largest absolute Gasteiger partial charge is 0.478 e. The maximum absolute atomic E-state index is 12.4. The number of carbonyl (C=O) groups excluding carboxylic acids is 1. The van der Waals surface area contributed by atoms with E-state index in [9.17, 15) is 14.7 Å². The lowest BCUT2D eigenvalue weighted by molar-refractivity contribution is 0.00100. The number of benzene rings is 1. The zero-order chi connectivity index (χ0) is 20.0. The zero-order valence-electron chi connectivity index (χ0n) is 16.9. The van der Waals surface area contributed by atoms with E-state index in [4.69, 9.17) is 4.74 Å². The lowest BCUT2D eigenvalue weighted by atomic mass is 10.0. The minimum absolute atomic E-state index is 0.250. The number of hydrogen-bond acceptors (Lipinski definition) is 4. The third-order valence-corrected chi connectivity index (χ3v) is 4.71. The minimum Gasteiger partial charge on any atom is -0.478 e. The summed E-state index contributed by atoms with van der Waals surface area (Å²) in [7, 11) is 0. The third kappa shape index (κ3) is 6.54. The molecule has 0 saturated carbocycles. The number of aromatic carboxylic acids is 1. The van der Waals surface area contributed by atoms with Crippen molar-refractivity contribution in [1.82, 2.24) is 9.80 Å². The molecule has 1 saturated heterocycles. The number of carboxylic acids is 1. The summed E-state index contributed by atoms with van der Waals surface area (Å²) in [5.74, 6) is -0.908. The van der Waals surface area contributed by atoms with E-state index >= 15 is 0 Å². The van der Waals surface area contributed by atoms with Crippen molar-refractivity contribution in [1.29, 1.82) is 0 Å². The predicted molar refractivity (Wildman–Crippen MR) is 105 cm³/mol. The van der Waals surface area contributed by atoms with Gasteiger partial charge < -0.3 is 14.7 Å². The van der Waals surface area contributed by atoms with Gasteiger partial charge in [-0.3, -0.25) is 4.90 Å². The summed E-state index contributed by atoms with van der Waals surface area (Å²) in [4.78, 5) is 27.8. The van der Waals surface area contributed by atoms with Crippen LogP contribution in [0.3, 0.4) is 0 Å². The molecule has 1 N–H and O–H groups in total. The van der Waals surface area contributed by atoms with Crippen LogP contribution in [0.25, 0.3) is 0 Å². The maximum Gasteiger partial charge on any atom is 0.410 e. The molecule has 0 radical (unpaired) electrons. The van der Waals surface area contributed by atoms with Crippen LogP contribution in [0.4, 0.5) is 4.79 Å². The first-order chi connectivity index (χ1) is 12.7. The minimum atomic E-state index is -0.908. The molecule has 150 valence electrons. The van der Waals surface area contributed by atoms with Crippen LogP contribution in [-0.4, -0.2) is 58.2 Å². The van der Waals surface area contributed by atoms with Gasteiger partial charge in [0.05, 0.1) is 5.56 Å². The lowest BCUT2D eigenvalue weighted by Crippen LogP contribution is -2.55. The fourth-order valence-corrected chi connectivity index (χ4v) is 3.34. The Morgan fingerprint density at radius 3 is 2.63 bits per heavy atom. The Morgan fingerprint density at radius 1 is 1.26 bits per heavy atom. The molecule has 1 aliphatic rings. The van der Waals surface area contributed by atoms with Gasteiger partial charge in [0.25, 0.3) is 0 Å². The second-order valence-electron chi connectivity index (χ2n) is 8.20. The first-order valence-electron chi connectivity index (χ1n) is 9.74. The molecule has 1 amide bonds. The van der Waals surface area contributed by atoms with E-state index in [2.05, 4.69) is 11.8 Å². The van der Waals surface area contributed by atoms with E-state index in [-0.39, 0.29) is 12.1 Å². The smallest absolute Gasteiger partial charge is 0.410 e. The number of unbranched alkanes of at least 4 members (excludes halogenated alkanes) is 1. The molecule has 1 aromatic rings. The van der Waals surface area contributed by atoms with Gasteiger partial charge in [0.1, 0.15) is 5.60 Å². The summed E-state index contributed by atoms with van der Waals surface area (Å²) >= 11 is 0. The molecule has 1 aliphatic heterocycles. The Hall–Kier alpha value is -2.08. The van der Waals surface area contributed by atoms with Crippen LogP contribution >= 0.6 is 0 Å². The first-order valence-corrected chi connectivity index (χ1v) is 9.74. The standard InChI is InChI=1S/C21H32N2O4/c1-5-6-10-18-15-23(20(26)27-21(2,3)4)12-11-22(18)14-16-8-7-9-17(13-16)19(24)25/h7-9,13,18H,5-6,10-12,14-15H2,1-4H3,(H,24,25).